The third-order valence-electron chi connectivity index (χ3n) is 6.24. The fourth-order valence-corrected chi connectivity index (χ4v) is 5.25. The minimum absolute atomic E-state index is 0.159. The Morgan fingerprint density at radius 1 is 1.14 bits per heavy atom. The van der Waals surface area contributed by atoms with Crippen LogP contribution in [0.3, 0.4) is 0 Å². The summed E-state index contributed by atoms with van der Waals surface area (Å²) < 4.78 is 50.3. The second-order valence-electron chi connectivity index (χ2n) is 8.94. The van der Waals surface area contributed by atoms with Crippen molar-refractivity contribution in [2.24, 2.45) is 0 Å². The molecule has 0 spiro atoms. The highest BCUT2D eigenvalue weighted by molar-refractivity contribution is 7.88. The number of sulfonamides is 1. The van der Waals surface area contributed by atoms with Crippen LogP contribution in [0.4, 0.5) is 4.39 Å². The predicted molar refractivity (Wildman–Crippen MR) is 138 cm³/mol. The van der Waals surface area contributed by atoms with Crippen LogP contribution in [0.5, 0.6) is 0 Å². The minimum atomic E-state index is -4.01. The van der Waals surface area contributed by atoms with Gasteiger partial charge in [-0.2, -0.15) is 0 Å². The summed E-state index contributed by atoms with van der Waals surface area (Å²) in [5.41, 5.74) is 2.85. The number of furan rings is 1. The average Bonchev–Trinajstić information content (AvgIpc) is 3.67. The third-order valence-corrected chi connectivity index (χ3v) is 7.29. The molecule has 190 valence electrons. The number of hydrogen-bond donors (Lipinski definition) is 3. The number of fused-ring (bicyclic) bond motifs is 1. The standard InChI is InChI=1S/C26H24BFN2O6S/c1-29-26(31)24-22-14-21(16-7-8-16)18(13-23(22)35-25(24)17-9-11-20(28)12-10-17)15-37(33,34)30-36-27(32)19-5-3-2-4-6-19/h2-6,9-14,16,30,32H,7-8,15H2,1H3,(H,29,31). The Morgan fingerprint density at radius 3 is 2.49 bits per heavy atom. The summed E-state index contributed by atoms with van der Waals surface area (Å²) in [6, 6.07) is 17.4. The summed E-state index contributed by atoms with van der Waals surface area (Å²) in [7, 11) is -3.98. The second kappa shape index (κ2) is 10.1. The summed E-state index contributed by atoms with van der Waals surface area (Å²) in [5.74, 6) is -0.782. The van der Waals surface area contributed by atoms with E-state index in [4.69, 9.17) is 9.17 Å². The molecule has 0 saturated heterocycles. The molecule has 8 nitrogen and oxygen atoms in total. The summed E-state index contributed by atoms with van der Waals surface area (Å²) in [6.07, 6.45) is 1.79. The lowest BCUT2D eigenvalue weighted by Crippen LogP contribution is -2.41. The first-order valence-corrected chi connectivity index (χ1v) is 13.4. The van der Waals surface area contributed by atoms with Crippen LogP contribution in [0.1, 0.15) is 40.2 Å². The fraction of sp³-hybridized carbons (Fsp3) is 0.192. The highest BCUT2D eigenvalue weighted by atomic mass is 32.2. The first-order chi connectivity index (χ1) is 17.8. The van der Waals surface area contributed by atoms with Gasteiger partial charge in [0.05, 0.1) is 11.3 Å². The molecule has 0 atom stereocenters. The van der Waals surface area contributed by atoms with Crippen LogP contribution in [0.25, 0.3) is 22.3 Å². The van der Waals surface area contributed by atoms with E-state index in [0.29, 0.717) is 33.1 Å². The first kappa shape index (κ1) is 25.2. The predicted octanol–water partition coefficient (Wildman–Crippen LogP) is 3.21. The van der Waals surface area contributed by atoms with Crippen LogP contribution in [-0.2, 0) is 20.5 Å². The summed E-state index contributed by atoms with van der Waals surface area (Å²) >= 11 is 0. The summed E-state index contributed by atoms with van der Waals surface area (Å²) in [6.45, 7) is 0. The lowest BCUT2D eigenvalue weighted by Gasteiger charge is -2.13. The molecule has 1 fully saturated rings. The van der Waals surface area contributed by atoms with Crippen LogP contribution in [0.15, 0.2) is 71.1 Å². The molecule has 1 amide bonds. The Kier molecular flexibility index (Phi) is 6.87. The minimum Gasteiger partial charge on any atom is -0.455 e. The Balaban J connectivity index is 1.50. The highest BCUT2D eigenvalue weighted by Gasteiger charge is 2.31. The van der Waals surface area contributed by atoms with Gasteiger partial charge in [0.25, 0.3) is 5.91 Å². The Bertz CT molecular complexity index is 1550. The van der Waals surface area contributed by atoms with Crippen molar-refractivity contribution in [3.8, 4) is 11.3 Å². The molecule has 11 heteroatoms. The van der Waals surface area contributed by atoms with E-state index < -0.39 is 28.7 Å². The number of halogens is 1. The van der Waals surface area contributed by atoms with Crippen LogP contribution in [0, 0.1) is 5.82 Å². The molecule has 0 bridgehead atoms. The molecule has 0 unspecified atom stereocenters. The van der Waals surface area contributed by atoms with E-state index in [2.05, 4.69) is 5.32 Å². The van der Waals surface area contributed by atoms with E-state index in [1.54, 1.807) is 42.5 Å². The largest absolute Gasteiger partial charge is 0.509 e. The van der Waals surface area contributed by atoms with E-state index in [1.165, 1.54) is 31.3 Å². The molecule has 37 heavy (non-hydrogen) atoms. The van der Waals surface area contributed by atoms with Gasteiger partial charge in [0.15, 0.2) is 0 Å². The van der Waals surface area contributed by atoms with Gasteiger partial charge >= 0.3 is 7.12 Å². The quantitative estimate of drug-likeness (QED) is 0.230. The Morgan fingerprint density at radius 2 is 1.84 bits per heavy atom. The SMILES string of the molecule is CNC(=O)c1c(-c2ccc(F)cc2)oc2cc(CS(=O)(=O)NOB(O)c3ccccc3)c(C3CC3)cc12. The van der Waals surface area contributed by atoms with Crippen molar-refractivity contribution >= 4 is 39.5 Å². The Hall–Kier alpha value is -3.51. The van der Waals surface area contributed by atoms with Crippen molar-refractivity contribution in [2.45, 2.75) is 24.5 Å². The molecule has 1 saturated carbocycles. The van der Waals surface area contributed by atoms with Crippen molar-refractivity contribution in [1.29, 1.82) is 0 Å². The maximum absolute atomic E-state index is 13.5. The van der Waals surface area contributed by atoms with Gasteiger partial charge in [-0.05, 0) is 71.7 Å². The lowest BCUT2D eigenvalue weighted by atomic mass is 9.80. The van der Waals surface area contributed by atoms with Crippen LogP contribution < -0.4 is 15.7 Å². The molecule has 1 aliphatic carbocycles. The number of nitrogens with one attached hydrogen (secondary N) is 2. The van der Waals surface area contributed by atoms with Crippen molar-refractivity contribution in [3.05, 3.63) is 89.2 Å². The number of benzene rings is 3. The fourth-order valence-electron chi connectivity index (χ4n) is 4.29. The van der Waals surface area contributed by atoms with Crippen molar-refractivity contribution in [2.75, 3.05) is 7.05 Å². The van der Waals surface area contributed by atoms with E-state index in [-0.39, 0.29) is 17.6 Å². The van der Waals surface area contributed by atoms with Crippen molar-refractivity contribution in [3.63, 3.8) is 0 Å². The summed E-state index contributed by atoms with van der Waals surface area (Å²) in [5, 5.41) is 13.3. The molecular weight excluding hydrogens is 498 g/mol. The molecule has 0 radical (unpaired) electrons. The molecule has 1 aliphatic rings. The molecule has 5 rings (SSSR count). The normalized spacial score (nSPS) is 13.6. The first-order valence-electron chi connectivity index (χ1n) is 11.7. The molecule has 3 aromatic carbocycles. The average molecular weight is 522 g/mol. The number of hydrogen-bond acceptors (Lipinski definition) is 6. The lowest BCUT2D eigenvalue weighted by molar-refractivity contribution is 0.0964. The van der Waals surface area contributed by atoms with Gasteiger partial charge in [-0.1, -0.05) is 30.3 Å². The van der Waals surface area contributed by atoms with E-state index >= 15 is 0 Å². The number of carbonyl (C=O) groups is 1. The number of amides is 1. The van der Waals surface area contributed by atoms with Crippen LogP contribution in [0.2, 0.25) is 0 Å². The van der Waals surface area contributed by atoms with Gasteiger partial charge in [-0.3, -0.25) is 4.79 Å². The molecule has 1 aromatic heterocycles. The molecule has 1 heterocycles. The molecule has 0 aliphatic heterocycles. The van der Waals surface area contributed by atoms with Crippen molar-refractivity contribution in [1.82, 2.24) is 10.2 Å². The smallest absolute Gasteiger partial charge is 0.455 e. The van der Waals surface area contributed by atoms with E-state index in [1.807, 2.05) is 4.89 Å². The zero-order valence-electron chi connectivity index (χ0n) is 19.9. The highest BCUT2D eigenvalue weighted by Crippen LogP contribution is 2.45. The Labute approximate surface area is 213 Å². The maximum Gasteiger partial charge on any atom is 0.509 e. The second-order valence-corrected chi connectivity index (χ2v) is 10.6. The van der Waals surface area contributed by atoms with E-state index in [0.717, 1.165) is 18.4 Å². The van der Waals surface area contributed by atoms with E-state index in [9.17, 15) is 22.6 Å². The summed E-state index contributed by atoms with van der Waals surface area (Å²) in [4.78, 5) is 14.8. The molecule has 3 N–H and O–H groups in total. The third kappa shape index (κ3) is 5.45. The zero-order valence-corrected chi connectivity index (χ0v) is 20.7. The van der Waals surface area contributed by atoms with Crippen LogP contribution >= 0.6 is 0 Å². The monoisotopic (exact) mass is 522 g/mol. The van der Waals surface area contributed by atoms with Gasteiger partial charge in [-0.15, -0.1) is 4.89 Å². The van der Waals surface area contributed by atoms with Gasteiger partial charge in [0.1, 0.15) is 17.2 Å². The zero-order chi connectivity index (χ0) is 26.2. The van der Waals surface area contributed by atoms with Gasteiger partial charge in [0.2, 0.25) is 10.0 Å². The van der Waals surface area contributed by atoms with Gasteiger partial charge < -0.3 is 19.5 Å². The topological polar surface area (TPSA) is 118 Å². The number of rotatable bonds is 9. The maximum atomic E-state index is 13.5. The number of carbonyl (C=O) groups excluding carboxylic acids is 1. The van der Waals surface area contributed by atoms with Crippen LogP contribution in [-0.4, -0.2) is 33.5 Å². The van der Waals surface area contributed by atoms with Crippen molar-refractivity contribution < 1.29 is 31.8 Å². The van der Waals surface area contributed by atoms with Gasteiger partial charge in [0, 0.05) is 18.0 Å². The van der Waals surface area contributed by atoms with Gasteiger partial charge in [-0.25, -0.2) is 12.8 Å². The molecular formula is C26H24BFN2O6S. The molecule has 4 aromatic rings.